The Labute approximate surface area is 160 Å². The Balaban J connectivity index is 2.20. The summed E-state index contributed by atoms with van der Waals surface area (Å²) in [5.41, 5.74) is 6.18. The Kier molecular flexibility index (Phi) is 6.94. The van der Waals surface area contributed by atoms with Gasteiger partial charge in [0.2, 0.25) is 11.8 Å². The van der Waals surface area contributed by atoms with E-state index in [1.807, 2.05) is 0 Å². The molecule has 2 amide bonds. The maximum absolute atomic E-state index is 13.0. The third-order valence-electron chi connectivity index (χ3n) is 4.54. The molecule has 1 aromatic rings. The highest BCUT2D eigenvalue weighted by molar-refractivity contribution is 5.93. The van der Waals surface area contributed by atoms with Crippen molar-refractivity contribution < 1.29 is 34.5 Å². The van der Waals surface area contributed by atoms with Gasteiger partial charge in [-0.2, -0.15) is 0 Å². The van der Waals surface area contributed by atoms with Gasteiger partial charge in [-0.05, 0) is 30.5 Å². The second kappa shape index (κ2) is 9.18. The van der Waals surface area contributed by atoms with Crippen LogP contribution in [0.1, 0.15) is 24.8 Å². The molecular formula is C18H23N3O7. The summed E-state index contributed by atoms with van der Waals surface area (Å²) in [5, 5.41) is 29.9. The summed E-state index contributed by atoms with van der Waals surface area (Å²) in [5.74, 6) is -3.73. The van der Waals surface area contributed by atoms with Crippen LogP contribution in [0.5, 0.6) is 5.75 Å². The van der Waals surface area contributed by atoms with Gasteiger partial charge in [0.1, 0.15) is 17.8 Å². The van der Waals surface area contributed by atoms with E-state index in [-0.39, 0.29) is 18.7 Å². The van der Waals surface area contributed by atoms with Gasteiger partial charge >= 0.3 is 11.9 Å². The lowest BCUT2D eigenvalue weighted by atomic mass is 10.0. The van der Waals surface area contributed by atoms with Gasteiger partial charge in [0.05, 0.1) is 12.5 Å². The first-order valence-corrected chi connectivity index (χ1v) is 8.78. The number of carboxylic acids is 2. The lowest BCUT2D eigenvalue weighted by Crippen LogP contribution is -2.55. The van der Waals surface area contributed by atoms with Crippen LogP contribution < -0.4 is 11.1 Å². The number of carbonyl (C=O) groups is 4. The van der Waals surface area contributed by atoms with Crippen molar-refractivity contribution in [3.05, 3.63) is 29.8 Å². The fraction of sp³-hybridized carbons (Fsp3) is 0.444. The van der Waals surface area contributed by atoms with Gasteiger partial charge in [0.25, 0.3) is 0 Å². The molecule has 10 heteroatoms. The highest BCUT2D eigenvalue weighted by atomic mass is 16.4. The molecule has 1 fully saturated rings. The first kappa shape index (κ1) is 21.2. The zero-order valence-electron chi connectivity index (χ0n) is 15.1. The molecule has 0 aliphatic carbocycles. The number of benzene rings is 1. The molecule has 1 aliphatic rings. The minimum Gasteiger partial charge on any atom is -0.508 e. The van der Waals surface area contributed by atoms with Gasteiger partial charge in [-0.3, -0.25) is 14.4 Å². The number of phenolic OH excluding ortho intramolecular Hbond substituents is 1. The molecule has 1 aromatic carbocycles. The number of amides is 2. The number of carboxylic acid groups (broad SMARTS) is 2. The average Bonchev–Trinajstić information content (AvgIpc) is 3.11. The fourth-order valence-electron chi connectivity index (χ4n) is 3.11. The maximum atomic E-state index is 13.0. The summed E-state index contributed by atoms with van der Waals surface area (Å²) in [6, 6.07) is 2.54. The molecule has 28 heavy (non-hydrogen) atoms. The first-order chi connectivity index (χ1) is 13.2. The van der Waals surface area contributed by atoms with Gasteiger partial charge in [-0.25, -0.2) is 4.79 Å². The van der Waals surface area contributed by atoms with Crippen LogP contribution in [0, 0.1) is 0 Å². The number of phenols is 1. The quantitative estimate of drug-likeness (QED) is 0.386. The largest absolute Gasteiger partial charge is 0.508 e. The zero-order valence-corrected chi connectivity index (χ0v) is 15.1. The van der Waals surface area contributed by atoms with E-state index in [1.165, 1.54) is 17.0 Å². The molecule has 0 aromatic heterocycles. The number of likely N-dealkylation sites (tertiary alicyclic amines) is 1. The number of nitrogens with zero attached hydrogens (tertiary/aromatic N) is 1. The van der Waals surface area contributed by atoms with Gasteiger partial charge < -0.3 is 31.3 Å². The van der Waals surface area contributed by atoms with Crippen molar-refractivity contribution in [1.29, 1.82) is 0 Å². The summed E-state index contributed by atoms with van der Waals surface area (Å²) in [6.45, 7) is 0.249. The summed E-state index contributed by atoms with van der Waals surface area (Å²) in [4.78, 5) is 48.6. The summed E-state index contributed by atoms with van der Waals surface area (Å²) in [7, 11) is 0. The van der Waals surface area contributed by atoms with E-state index in [1.54, 1.807) is 12.1 Å². The average molecular weight is 393 g/mol. The lowest BCUT2D eigenvalue weighted by Gasteiger charge is -2.28. The number of hydrogen-bond acceptors (Lipinski definition) is 6. The topological polar surface area (TPSA) is 170 Å². The van der Waals surface area contributed by atoms with E-state index in [4.69, 9.17) is 10.8 Å². The number of rotatable bonds is 8. The van der Waals surface area contributed by atoms with Gasteiger partial charge in [-0.15, -0.1) is 0 Å². The number of nitrogens with two attached hydrogens (primary N) is 1. The monoisotopic (exact) mass is 393 g/mol. The molecule has 6 N–H and O–H groups in total. The Morgan fingerprint density at radius 2 is 1.82 bits per heavy atom. The third kappa shape index (κ3) is 5.43. The minimum atomic E-state index is -1.35. The first-order valence-electron chi connectivity index (χ1n) is 8.78. The molecule has 1 heterocycles. The van der Waals surface area contributed by atoms with Crippen LogP contribution in [-0.4, -0.2) is 68.6 Å². The van der Waals surface area contributed by atoms with Crippen LogP contribution in [0.4, 0.5) is 0 Å². The smallest absolute Gasteiger partial charge is 0.326 e. The molecule has 0 saturated carbocycles. The molecule has 0 radical (unpaired) electrons. The highest BCUT2D eigenvalue weighted by Gasteiger charge is 2.38. The molecule has 10 nitrogen and oxygen atoms in total. The van der Waals surface area contributed by atoms with Crippen molar-refractivity contribution in [3.63, 3.8) is 0 Å². The Bertz CT molecular complexity index is 750. The zero-order chi connectivity index (χ0) is 20.8. The Morgan fingerprint density at radius 3 is 2.39 bits per heavy atom. The molecule has 3 atom stereocenters. The second-order valence-electron chi connectivity index (χ2n) is 6.66. The molecule has 2 rings (SSSR count). The van der Waals surface area contributed by atoms with Crippen molar-refractivity contribution in [3.8, 4) is 5.75 Å². The van der Waals surface area contributed by atoms with Crippen molar-refractivity contribution in [2.24, 2.45) is 5.73 Å². The molecule has 1 aliphatic heterocycles. The van der Waals surface area contributed by atoms with Crippen LogP contribution in [0.3, 0.4) is 0 Å². The van der Waals surface area contributed by atoms with Crippen molar-refractivity contribution in [2.75, 3.05) is 6.54 Å². The van der Waals surface area contributed by atoms with Crippen molar-refractivity contribution in [1.82, 2.24) is 10.2 Å². The van der Waals surface area contributed by atoms with E-state index >= 15 is 0 Å². The van der Waals surface area contributed by atoms with Gasteiger partial charge in [0, 0.05) is 13.0 Å². The normalized spacial score (nSPS) is 18.3. The molecule has 1 saturated heterocycles. The molecular weight excluding hydrogens is 370 g/mol. The second-order valence-corrected chi connectivity index (χ2v) is 6.66. The molecule has 0 bridgehead atoms. The van der Waals surface area contributed by atoms with Crippen LogP contribution in [0.2, 0.25) is 0 Å². The molecule has 152 valence electrons. The maximum Gasteiger partial charge on any atom is 0.326 e. The Hall–Kier alpha value is -3.14. The number of hydrogen-bond donors (Lipinski definition) is 5. The van der Waals surface area contributed by atoms with E-state index in [0.29, 0.717) is 18.4 Å². The molecule has 0 spiro atoms. The van der Waals surface area contributed by atoms with E-state index < -0.39 is 48.3 Å². The van der Waals surface area contributed by atoms with Crippen LogP contribution in [-0.2, 0) is 25.6 Å². The van der Waals surface area contributed by atoms with Gasteiger partial charge in [0.15, 0.2) is 0 Å². The van der Waals surface area contributed by atoms with E-state index in [0.717, 1.165) is 0 Å². The van der Waals surface area contributed by atoms with Crippen molar-refractivity contribution >= 4 is 23.8 Å². The van der Waals surface area contributed by atoms with Crippen molar-refractivity contribution in [2.45, 2.75) is 43.8 Å². The van der Waals surface area contributed by atoms with Crippen LogP contribution in [0.15, 0.2) is 24.3 Å². The summed E-state index contributed by atoms with van der Waals surface area (Å²) < 4.78 is 0. The SMILES string of the molecule is N[C@@H](CC(=O)O)C(=O)N[C@@H](Cc1ccc(O)cc1)C(=O)N1CCC[C@@H]1C(=O)O. The Morgan fingerprint density at radius 1 is 1.18 bits per heavy atom. The fourth-order valence-corrected chi connectivity index (χ4v) is 3.11. The number of carbonyl (C=O) groups excluding carboxylic acids is 2. The summed E-state index contributed by atoms with van der Waals surface area (Å²) in [6.07, 6.45) is 0.279. The van der Waals surface area contributed by atoms with Gasteiger partial charge in [-0.1, -0.05) is 12.1 Å². The lowest BCUT2D eigenvalue weighted by molar-refractivity contribution is -0.149. The highest BCUT2D eigenvalue weighted by Crippen LogP contribution is 2.20. The van der Waals surface area contributed by atoms with E-state index in [2.05, 4.69) is 5.32 Å². The number of aliphatic carboxylic acids is 2. The standard InChI is InChI=1S/C18H23N3O7/c19-12(9-15(23)24)16(25)20-13(8-10-3-5-11(22)6-4-10)17(26)21-7-1-2-14(21)18(27)28/h3-6,12-14,22H,1-2,7-9,19H2,(H,20,25)(H,23,24)(H,27,28)/t12-,13-,14+/m0/s1. The van der Waals surface area contributed by atoms with Crippen LogP contribution >= 0.6 is 0 Å². The van der Waals surface area contributed by atoms with E-state index in [9.17, 15) is 29.4 Å². The minimum absolute atomic E-state index is 0.0321. The third-order valence-corrected chi connectivity index (χ3v) is 4.54. The predicted molar refractivity (Wildman–Crippen MR) is 96.3 cm³/mol. The summed E-state index contributed by atoms with van der Waals surface area (Å²) >= 11 is 0. The number of nitrogens with one attached hydrogen (secondary N) is 1. The molecule has 0 unspecified atom stereocenters. The van der Waals surface area contributed by atoms with Crippen LogP contribution in [0.25, 0.3) is 0 Å². The predicted octanol–water partition coefficient (Wildman–Crippen LogP) is -0.703. The number of aromatic hydroxyl groups is 1.